The van der Waals surface area contributed by atoms with Crippen LogP contribution in [0.15, 0.2) is 6.07 Å². The van der Waals surface area contributed by atoms with E-state index in [1.165, 1.54) is 33.4 Å². The van der Waals surface area contributed by atoms with E-state index in [-0.39, 0.29) is 11.2 Å². The molecule has 0 aromatic heterocycles. The Morgan fingerprint density at radius 3 is 1.69 bits per heavy atom. The van der Waals surface area contributed by atoms with Gasteiger partial charge in [0.2, 0.25) is 0 Å². The van der Waals surface area contributed by atoms with Crippen LogP contribution in [0, 0.1) is 47.4 Å². The van der Waals surface area contributed by atoms with Gasteiger partial charge in [-0.1, -0.05) is 40.7 Å². The fourth-order valence-electron chi connectivity index (χ4n) is 4.43. The predicted molar refractivity (Wildman–Crippen MR) is 113 cm³/mol. The molecule has 0 spiro atoms. The number of hydrogen-bond donors (Lipinski definition) is 0. The van der Waals surface area contributed by atoms with Gasteiger partial charge in [-0.15, -0.1) is 0 Å². The van der Waals surface area contributed by atoms with Crippen LogP contribution in [0.25, 0.3) is 11.1 Å². The van der Waals surface area contributed by atoms with E-state index in [0.29, 0.717) is 5.92 Å². The van der Waals surface area contributed by atoms with E-state index >= 15 is 4.39 Å². The Hall–Kier alpha value is -1.63. The van der Waals surface area contributed by atoms with Gasteiger partial charge in [0.15, 0.2) is 0 Å². The molecule has 0 nitrogen and oxygen atoms in total. The van der Waals surface area contributed by atoms with Crippen LogP contribution in [-0.4, -0.2) is 0 Å². The van der Waals surface area contributed by atoms with Crippen LogP contribution in [0.5, 0.6) is 0 Å². The van der Waals surface area contributed by atoms with Crippen LogP contribution in [0.2, 0.25) is 0 Å². The first-order chi connectivity index (χ1) is 11.8. The monoisotopic (exact) mass is 354 g/mol. The maximum absolute atomic E-state index is 15.5. The molecule has 2 rings (SSSR count). The van der Waals surface area contributed by atoms with Crippen molar-refractivity contribution >= 4 is 0 Å². The SMILES string of the molecule is Cc1cc(C(C)C)c(C)c(-c2c(C)c(C)c(C(C)(C)C)c(F)c2C)c1C. The van der Waals surface area contributed by atoms with E-state index in [0.717, 1.165) is 22.3 Å². The van der Waals surface area contributed by atoms with Crippen molar-refractivity contribution in [3.05, 3.63) is 56.4 Å². The number of aryl methyl sites for hydroxylation is 1. The van der Waals surface area contributed by atoms with Gasteiger partial charge in [-0.2, -0.15) is 0 Å². The van der Waals surface area contributed by atoms with Crippen molar-refractivity contribution in [2.45, 2.75) is 87.5 Å². The summed E-state index contributed by atoms with van der Waals surface area (Å²) in [6.45, 7) is 23.5. The van der Waals surface area contributed by atoms with E-state index in [1.54, 1.807) is 0 Å². The largest absolute Gasteiger partial charge is 0.206 e. The smallest absolute Gasteiger partial charge is 0.130 e. The summed E-state index contributed by atoms with van der Waals surface area (Å²) in [5.41, 5.74) is 11.2. The lowest BCUT2D eigenvalue weighted by Gasteiger charge is -2.29. The van der Waals surface area contributed by atoms with Crippen LogP contribution >= 0.6 is 0 Å². The lowest BCUT2D eigenvalue weighted by atomic mass is 9.76. The fraction of sp³-hybridized carbons (Fsp3) is 0.520. The molecule has 2 aromatic rings. The third kappa shape index (κ3) is 3.21. The van der Waals surface area contributed by atoms with E-state index < -0.39 is 0 Å². The third-order valence-electron chi connectivity index (χ3n) is 6.00. The molecule has 0 aliphatic heterocycles. The van der Waals surface area contributed by atoms with Crippen molar-refractivity contribution in [2.75, 3.05) is 0 Å². The first-order valence-electron chi connectivity index (χ1n) is 9.71. The highest BCUT2D eigenvalue weighted by Crippen LogP contribution is 2.42. The van der Waals surface area contributed by atoms with Crippen LogP contribution < -0.4 is 0 Å². The second-order valence-corrected chi connectivity index (χ2v) is 9.25. The van der Waals surface area contributed by atoms with Gasteiger partial charge < -0.3 is 0 Å². The number of rotatable bonds is 2. The van der Waals surface area contributed by atoms with Crippen LogP contribution in [-0.2, 0) is 5.41 Å². The van der Waals surface area contributed by atoms with Gasteiger partial charge in [-0.25, -0.2) is 4.39 Å². The van der Waals surface area contributed by atoms with Crippen LogP contribution in [0.1, 0.15) is 85.0 Å². The summed E-state index contributed by atoms with van der Waals surface area (Å²) in [5.74, 6) is 0.412. The summed E-state index contributed by atoms with van der Waals surface area (Å²) < 4.78 is 15.5. The molecule has 0 aliphatic rings. The average molecular weight is 355 g/mol. The molecule has 2 aromatic carbocycles. The van der Waals surface area contributed by atoms with E-state index in [1.807, 2.05) is 6.92 Å². The van der Waals surface area contributed by atoms with Gasteiger partial charge in [-0.05, 0) is 109 Å². The lowest BCUT2D eigenvalue weighted by molar-refractivity contribution is 0.514. The Balaban J connectivity index is 3.01. The van der Waals surface area contributed by atoms with E-state index in [9.17, 15) is 0 Å². The van der Waals surface area contributed by atoms with E-state index in [4.69, 9.17) is 0 Å². The molecule has 0 N–H and O–H groups in total. The summed E-state index contributed by atoms with van der Waals surface area (Å²) >= 11 is 0. The molecule has 0 radical (unpaired) electrons. The maximum atomic E-state index is 15.5. The minimum absolute atomic E-state index is 0.0398. The summed E-state index contributed by atoms with van der Waals surface area (Å²) in [5, 5.41) is 0. The number of benzene rings is 2. The van der Waals surface area contributed by atoms with Gasteiger partial charge in [0.1, 0.15) is 5.82 Å². The predicted octanol–water partition coefficient (Wildman–Crippen LogP) is 7.76. The Labute approximate surface area is 159 Å². The van der Waals surface area contributed by atoms with Crippen LogP contribution in [0.3, 0.4) is 0 Å². The Kier molecular flexibility index (Phi) is 5.43. The maximum Gasteiger partial charge on any atom is 0.130 e. The second-order valence-electron chi connectivity index (χ2n) is 9.25. The molecular weight excluding hydrogens is 319 g/mol. The topological polar surface area (TPSA) is 0 Å². The first-order valence-corrected chi connectivity index (χ1v) is 9.71. The molecule has 0 amide bonds. The molecule has 0 heterocycles. The van der Waals surface area contributed by atoms with Crippen LogP contribution in [0.4, 0.5) is 4.39 Å². The van der Waals surface area contributed by atoms with Gasteiger partial charge >= 0.3 is 0 Å². The van der Waals surface area contributed by atoms with Gasteiger partial charge in [0, 0.05) is 0 Å². The quantitative estimate of drug-likeness (QED) is 0.517. The summed E-state index contributed by atoms with van der Waals surface area (Å²) in [4.78, 5) is 0. The third-order valence-corrected chi connectivity index (χ3v) is 6.00. The number of hydrogen-bond acceptors (Lipinski definition) is 0. The molecule has 1 heteroatoms. The second kappa shape index (κ2) is 6.83. The lowest BCUT2D eigenvalue weighted by Crippen LogP contribution is -2.18. The molecule has 0 atom stereocenters. The van der Waals surface area contributed by atoms with Gasteiger partial charge in [0.05, 0.1) is 0 Å². The highest BCUT2D eigenvalue weighted by atomic mass is 19.1. The molecule has 142 valence electrons. The molecule has 0 unspecified atom stereocenters. The molecule has 0 bridgehead atoms. The molecule has 0 saturated carbocycles. The van der Waals surface area contributed by atoms with Crippen molar-refractivity contribution in [3.8, 4) is 11.1 Å². The minimum atomic E-state index is -0.206. The molecule has 0 fully saturated rings. The molecule has 0 saturated heterocycles. The Morgan fingerprint density at radius 1 is 0.731 bits per heavy atom. The zero-order valence-corrected chi connectivity index (χ0v) is 18.5. The first kappa shape index (κ1) is 20.7. The minimum Gasteiger partial charge on any atom is -0.206 e. The summed E-state index contributed by atoms with van der Waals surface area (Å²) in [7, 11) is 0. The fourth-order valence-corrected chi connectivity index (χ4v) is 4.43. The molecular formula is C25H35F. The van der Waals surface area contributed by atoms with Crippen molar-refractivity contribution in [1.29, 1.82) is 0 Å². The zero-order chi connectivity index (χ0) is 20.1. The highest BCUT2D eigenvalue weighted by Gasteiger charge is 2.28. The standard InChI is InChI=1S/C25H35F/c1-13(2)20-12-14(3)15(4)21(18(20)7)22-16(5)17(6)23(25(9,10)11)24(26)19(22)8/h12-13H,1-11H3. The van der Waals surface area contributed by atoms with Crippen molar-refractivity contribution in [1.82, 2.24) is 0 Å². The van der Waals surface area contributed by atoms with E-state index in [2.05, 4.69) is 75.3 Å². The zero-order valence-electron chi connectivity index (χ0n) is 18.5. The Bertz CT molecular complexity index is 832. The molecule has 26 heavy (non-hydrogen) atoms. The summed E-state index contributed by atoms with van der Waals surface area (Å²) in [6.07, 6.45) is 0. The Morgan fingerprint density at radius 2 is 1.23 bits per heavy atom. The summed E-state index contributed by atoms with van der Waals surface area (Å²) in [6, 6.07) is 2.30. The van der Waals surface area contributed by atoms with Crippen molar-refractivity contribution in [3.63, 3.8) is 0 Å². The van der Waals surface area contributed by atoms with Gasteiger partial charge in [-0.3, -0.25) is 0 Å². The van der Waals surface area contributed by atoms with Crippen molar-refractivity contribution < 1.29 is 4.39 Å². The molecule has 0 aliphatic carbocycles. The van der Waals surface area contributed by atoms with Crippen molar-refractivity contribution in [2.24, 2.45) is 0 Å². The number of halogens is 1. The normalized spacial score (nSPS) is 12.2. The van der Waals surface area contributed by atoms with Gasteiger partial charge in [0.25, 0.3) is 0 Å². The highest BCUT2D eigenvalue weighted by molar-refractivity contribution is 5.80. The average Bonchev–Trinajstić information content (AvgIpc) is 2.50.